The minimum absolute atomic E-state index is 0.540. The monoisotopic (exact) mass is 305 g/mol. The zero-order valence-electron chi connectivity index (χ0n) is 11.6. The van der Waals surface area contributed by atoms with Gasteiger partial charge in [0.05, 0.1) is 19.4 Å². The average molecular weight is 305 g/mol. The van der Waals surface area contributed by atoms with Gasteiger partial charge in [0.1, 0.15) is 5.03 Å². The van der Waals surface area contributed by atoms with Crippen molar-refractivity contribution in [2.24, 2.45) is 0 Å². The molecule has 3 heterocycles. The maximum atomic E-state index is 5.35. The van der Waals surface area contributed by atoms with Crippen LogP contribution in [-0.4, -0.2) is 58.3 Å². The minimum Gasteiger partial charge on any atom is -0.378 e. The molecule has 0 atom stereocenters. The molecule has 0 bridgehead atoms. The van der Waals surface area contributed by atoms with E-state index >= 15 is 0 Å². The molecule has 2 aromatic rings. The molecule has 0 radical (unpaired) electrons. The summed E-state index contributed by atoms with van der Waals surface area (Å²) in [5.74, 6) is 1.20. The van der Waals surface area contributed by atoms with Crippen molar-refractivity contribution in [1.29, 1.82) is 0 Å². The lowest BCUT2D eigenvalue weighted by atomic mass is 10.4. The lowest BCUT2D eigenvalue weighted by Gasteiger charge is -2.26. The van der Waals surface area contributed by atoms with Gasteiger partial charge in [-0.05, 0) is 11.8 Å². The summed E-state index contributed by atoms with van der Waals surface area (Å²) in [7, 11) is 1.79. The van der Waals surface area contributed by atoms with E-state index in [-0.39, 0.29) is 0 Å². The van der Waals surface area contributed by atoms with Gasteiger partial charge in [0, 0.05) is 32.5 Å². The van der Waals surface area contributed by atoms with Crippen LogP contribution in [0.25, 0.3) is 0 Å². The summed E-state index contributed by atoms with van der Waals surface area (Å²) in [5, 5.41) is 4.31. The molecule has 0 amide bonds. The number of ether oxygens (including phenoxy) is 1. The van der Waals surface area contributed by atoms with E-state index < -0.39 is 0 Å². The molecule has 0 unspecified atom stereocenters. The number of hydrogen-bond donors (Lipinski definition) is 1. The van der Waals surface area contributed by atoms with Gasteiger partial charge in [0.2, 0.25) is 17.1 Å². The van der Waals surface area contributed by atoms with Gasteiger partial charge in [-0.1, -0.05) is 0 Å². The van der Waals surface area contributed by atoms with Crippen molar-refractivity contribution in [1.82, 2.24) is 24.9 Å². The molecule has 3 rings (SSSR count). The van der Waals surface area contributed by atoms with Gasteiger partial charge in [0.25, 0.3) is 0 Å². The van der Waals surface area contributed by atoms with Crippen LogP contribution >= 0.6 is 11.8 Å². The number of morpholine rings is 1. The molecule has 1 aliphatic rings. The van der Waals surface area contributed by atoms with Crippen LogP contribution in [0.5, 0.6) is 0 Å². The Kier molecular flexibility index (Phi) is 4.41. The van der Waals surface area contributed by atoms with Gasteiger partial charge in [-0.15, -0.1) is 0 Å². The number of nitrogens with one attached hydrogen (secondary N) is 1. The Morgan fingerprint density at radius 1 is 1.19 bits per heavy atom. The second-order valence-corrected chi connectivity index (χ2v) is 5.22. The first-order valence-electron chi connectivity index (χ1n) is 6.55. The highest BCUT2D eigenvalue weighted by Gasteiger charge is 2.16. The van der Waals surface area contributed by atoms with E-state index in [1.54, 1.807) is 25.6 Å². The van der Waals surface area contributed by atoms with Crippen LogP contribution in [0.2, 0.25) is 0 Å². The van der Waals surface area contributed by atoms with E-state index in [1.807, 2.05) is 0 Å². The maximum absolute atomic E-state index is 5.35. The predicted octanol–water partition coefficient (Wildman–Crippen LogP) is 0.691. The fourth-order valence-corrected chi connectivity index (χ4v) is 2.51. The lowest BCUT2D eigenvalue weighted by Crippen LogP contribution is -2.37. The van der Waals surface area contributed by atoms with Crippen LogP contribution in [0.1, 0.15) is 0 Å². The van der Waals surface area contributed by atoms with Crippen LogP contribution in [-0.2, 0) is 4.74 Å². The minimum atomic E-state index is 0.540. The van der Waals surface area contributed by atoms with E-state index in [1.165, 1.54) is 11.8 Å². The first-order chi connectivity index (χ1) is 10.3. The highest BCUT2D eigenvalue weighted by molar-refractivity contribution is 7.99. The fraction of sp³-hybridized carbons (Fsp3) is 0.417. The number of rotatable bonds is 4. The second kappa shape index (κ2) is 6.64. The van der Waals surface area contributed by atoms with Crippen LogP contribution < -0.4 is 10.2 Å². The molecule has 0 spiro atoms. The Hall–Kier alpha value is -2.00. The summed E-state index contributed by atoms with van der Waals surface area (Å²) in [6.07, 6.45) is 4.96. The molecule has 0 aromatic carbocycles. The molecule has 1 aliphatic heterocycles. The predicted molar refractivity (Wildman–Crippen MR) is 78.6 cm³/mol. The van der Waals surface area contributed by atoms with Gasteiger partial charge >= 0.3 is 0 Å². The van der Waals surface area contributed by atoms with E-state index in [9.17, 15) is 0 Å². The fourth-order valence-electron chi connectivity index (χ4n) is 1.84. The third-order valence-corrected chi connectivity index (χ3v) is 3.64. The van der Waals surface area contributed by atoms with E-state index in [2.05, 4.69) is 35.1 Å². The van der Waals surface area contributed by atoms with Crippen LogP contribution in [0.4, 0.5) is 11.9 Å². The summed E-state index contributed by atoms with van der Waals surface area (Å²) < 4.78 is 5.35. The SMILES string of the molecule is CNc1nc(Sc2cnccn2)nc(N2CCOCC2)n1. The first kappa shape index (κ1) is 14.0. The number of hydrogen-bond acceptors (Lipinski definition) is 9. The highest BCUT2D eigenvalue weighted by atomic mass is 32.2. The number of aromatic nitrogens is 5. The molecule has 2 aromatic heterocycles. The van der Waals surface area contributed by atoms with Crippen molar-refractivity contribution in [2.45, 2.75) is 10.2 Å². The highest BCUT2D eigenvalue weighted by Crippen LogP contribution is 2.24. The Balaban J connectivity index is 1.85. The van der Waals surface area contributed by atoms with Crippen LogP contribution in [0.15, 0.2) is 28.8 Å². The molecule has 21 heavy (non-hydrogen) atoms. The molecular formula is C12H15N7OS. The van der Waals surface area contributed by atoms with E-state index in [4.69, 9.17) is 4.74 Å². The Morgan fingerprint density at radius 3 is 2.76 bits per heavy atom. The van der Waals surface area contributed by atoms with Crippen molar-refractivity contribution in [3.63, 3.8) is 0 Å². The van der Waals surface area contributed by atoms with E-state index in [0.29, 0.717) is 30.3 Å². The standard InChI is InChI=1S/C12H15N7OS/c1-13-10-16-11(19-4-6-20-7-5-19)18-12(17-10)21-9-8-14-2-3-15-9/h2-3,8H,4-7H2,1H3,(H,13,16,17,18). The molecule has 1 saturated heterocycles. The van der Waals surface area contributed by atoms with Gasteiger partial charge in [-0.3, -0.25) is 4.98 Å². The van der Waals surface area contributed by atoms with Gasteiger partial charge < -0.3 is 15.0 Å². The molecule has 110 valence electrons. The zero-order valence-corrected chi connectivity index (χ0v) is 12.4. The summed E-state index contributed by atoms with van der Waals surface area (Å²) in [6.45, 7) is 2.94. The molecule has 1 N–H and O–H groups in total. The van der Waals surface area contributed by atoms with Crippen molar-refractivity contribution >= 4 is 23.7 Å². The average Bonchev–Trinajstić information content (AvgIpc) is 2.56. The van der Waals surface area contributed by atoms with Gasteiger partial charge in [-0.25, -0.2) is 4.98 Å². The number of nitrogens with zero attached hydrogens (tertiary/aromatic N) is 6. The Morgan fingerprint density at radius 2 is 2.05 bits per heavy atom. The third-order valence-electron chi connectivity index (χ3n) is 2.86. The first-order valence-corrected chi connectivity index (χ1v) is 7.37. The molecule has 9 heteroatoms. The van der Waals surface area contributed by atoms with Crippen molar-refractivity contribution < 1.29 is 4.74 Å². The summed E-state index contributed by atoms with van der Waals surface area (Å²) in [4.78, 5) is 23.6. The van der Waals surface area contributed by atoms with E-state index in [0.717, 1.165) is 18.1 Å². The smallest absolute Gasteiger partial charge is 0.231 e. The van der Waals surface area contributed by atoms with Crippen molar-refractivity contribution in [2.75, 3.05) is 43.6 Å². The quantitative estimate of drug-likeness (QED) is 0.876. The van der Waals surface area contributed by atoms with Crippen LogP contribution in [0.3, 0.4) is 0 Å². The topological polar surface area (TPSA) is 89.0 Å². The molecular weight excluding hydrogens is 290 g/mol. The van der Waals surface area contributed by atoms with Crippen molar-refractivity contribution in [3.05, 3.63) is 18.6 Å². The molecule has 8 nitrogen and oxygen atoms in total. The Bertz CT molecular complexity index is 591. The second-order valence-electron chi connectivity index (χ2n) is 4.24. The summed E-state index contributed by atoms with van der Waals surface area (Å²) in [5.41, 5.74) is 0. The van der Waals surface area contributed by atoms with Gasteiger partial charge in [0.15, 0.2) is 0 Å². The summed E-state index contributed by atoms with van der Waals surface area (Å²) >= 11 is 1.36. The van der Waals surface area contributed by atoms with Gasteiger partial charge in [-0.2, -0.15) is 15.0 Å². The number of anilines is 2. The normalized spacial score (nSPS) is 15.0. The molecule has 0 aliphatic carbocycles. The largest absolute Gasteiger partial charge is 0.378 e. The Labute approximate surface area is 126 Å². The zero-order chi connectivity index (χ0) is 14.5. The molecule has 0 saturated carbocycles. The third kappa shape index (κ3) is 3.56. The lowest BCUT2D eigenvalue weighted by molar-refractivity contribution is 0.122. The van der Waals surface area contributed by atoms with Crippen molar-refractivity contribution in [3.8, 4) is 0 Å². The van der Waals surface area contributed by atoms with Crippen LogP contribution in [0, 0.1) is 0 Å². The molecule has 1 fully saturated rings. The maximum Gasteiger partial charge on any atom is 0.231 e. The summed E-state index contributed by atoms with van der Waals surface area (Å²) in [6, 6.07) is 0.